The lowest BCUT2D eigenvalue weighted by atomic mass is 10.2. The van der Waals surface area contributed by atoms with Gasteiger partial charge in [-0.15, -0.1) is 0 Å². The highest BCUT2D eigenvalue weighted by molar-refractivity contribution is 4.96. The highest BCUT2D eigenvalue weighted by Crippen LogP contribution is 2.05. The van der Waals surface area contributed by atoms with Gasteiger partial charge in [0, 0.05) is 17.8 Å². The van der Waals surface area contributed by atoms with Crippen LogP contribution in [0.1, 0.15) is 18.5 Å². The number of aromatic amines is 1. The zero-order valence-corrected chi connectivity index (χ0v) is 7.84. The maximum absolute atomic E-state index is 11.3. The molecular formula is C9H15N3O. The van der Waals surface area contributed by atoms with Crippen LogP contribution in [0.25, 0.3) is 0 Å². The van der Waals surface area contributed by atoms with Crippen LogP contribution in [0.15, 0.2) is 10.9 Å². The second kappa shape index (κ2) is 3.38. The maximum atomic E-state index is 11.3. The second-order valence-corrected chi connectivity index (χ2v) is 3.68. The van der Waals surface area contributed by atoms with Crippen LogP contribution in [-0.2, 0) is 6.54 Å². The molecule has 1 aromatic heterocycles. The molecule has 2 rings (SSSR count). The molecule has 4 heteroatoms. The third-order valence-electron chi connectivity index (χ3n) is 2.48. The number of rotatable bonds is 2. The molecule has 13 heavy (non-hydrogen) atoms. The third-order valence-corrected chi connectivity index (χ3v) is 2.48. The summed E-state index contributed by atoms with van der Waals surface area (Å²) in [7, 11) is 0. The summed E-state index contributed by atoms with van der Waals surface area (Å²) in [6.45, 7) is 3.76. The van der Waals surface area contributed by atoms with E-state index in [-0.39, 0.29) is 5.56 Å². The Hall–Kier alpha value is -1.03. The van der Waals surface area contributed by atoms with Gasteiger partial charge in [-0.25, -0.2) is 0 Å². The molecule has 2 heterocycles. The van der Waals surface area contributed by atoms with Crippen molar-refractivity contribution < 1.29 is 0 Å². The molecule has 2 N–H and O–H groups in total. The van der Waals surface area contributed by atoms with E-state index < -0.39 is 0 Å². The summed E-state index contributed by atoms with van der Waals surface area (Å²) in [5, 5.41) is 6.40. The number of H-pyrrole nitrogens is 1. The molecule has 0 radical (unpaired) electrons. The van der Waals surface area contributed by atoms with Gasteiger partial charge in [0.25, 0.3) is 5.56 Å². The Morgan fingerprint density at radius 2 is 2.54 bits per heavy atom. The van der Waals surface area contributed by atoms with Gasteiger partial charge in [0.1, 0.15) is 0 Å². The van der Waals surface area contributed by atoms with Crippen LogP contribution in [-0.4, -0.2) is 22.4 Å². The van der Waals surface area contributed by atoms with Crippen molar-refractivity contribution >= 4 is 0 Å². The zero-order valence-electron chi connectivity index (χ0n) is 7.84. The highest BCUT2D eigenvalue weighted by Gasteiger charge is 2.15. The molecule has 1 aliphatic heterocycles. The minimum Gasteiger partial charge on any atom is -0.312 e. The Morgan fingerprint density at radius 3 is 3.08 bits per heavy atom. The normalized spacial score (nSPS) is 22.4. The zero-order chi connectivity index (χ0) is 9.26. The lowest BCUT2D eigenvalue weighted by molar-refractivity contribution is 0.466. The molecule has 1 fully saturated rings. The molecule has 0 aliphatic carbocycles. The minimum atomic E-state index is 0.0752. The lowest BCUT2D eigenvalue weighted by Gasteiger charge is -2.09. The van der Waals surface area contributed by atoms with E-state index in [2.05, 4.69) is 10.4 Å². The Bertz CT molecular complexity index is 333. The molecule has 4 nitrogen and oxygen atoms in total. The van der Waals surface area contributed by atoms with E-state index in [9.17, 15) is 4.79 Å². The van der Waals surface area contributed by atoms with Crippen molar-refractivity contribution in [1.29, 1.82) is 0 Å². The summed E-state index contributed by atoms with van der Waals surface area (Å²) in [5.74, 6) is 0. The topological polar surface area (TPSA) is 49.8 Å². The van der Waals surface area contributed by atoms with Crippen molar-refractivity contribution in [3.63, 3.8) is 0 Å². The van der Waals surface area contributed by atoms with Crippen LogP contribution in [0.3, 0.4) is 0 Å². The monoisotopic (exact) mass is 181 g/mol. The summed E-state index contributed by atoms with van der Waals surface area (Å²) in [5.41, 5.74) is 1.01. The standard InChI is InChI=1S/C9H15N3O/c1-7-5-9(13)12(11-7)6-8-3-2-4-10-8/h5,8,10-11H,2-4,6H2,1H3. The number of nitrogens with zero attached hydrogens (tertiary/aromatic N) is 1. The van der Waals surface area contributed by atoms with Gasteiger partial charge >= 0.3 is 0 Å². The average Bonchev–Trinajstić information content (AvgIpc) is 2.63. The van der Waals surface area contributed by atoms with Gasteiger partial charge < -0.3 is 5.32 Å². The van der Waals surface area contributed by atoms with Gasteiger partial charge in [-0.3, -0.25) is 14.6 Å². The first-order valence-corrected chi connectivity index (χ1v) is 4.75. The molecule has 1 aliphatic rings. The molecule has 0 saturated carbocycles. The highest BCUT2D eigenvalue weighted by atomic mass is 16.1. The molecule has 1 aromatic rings. The van der Waals surface area contributed by atoms with Gasteiger partial charge in [0.15, 0.2) is 0 Å². The first-order chi connectivity index (χ1) is 6.25. The molecular weight excluding hydrogens is 166 g/mol. The fourth-order valence-corrected chi connectivity index (χ4v) is 1.83. The largest absolute Gasteiger partial charge is 0.312 e. The summed E-state index contributed by atoms with van der Waals surface area (Å²) in [4.78, 5) is 11.3. The van der Waals surface area contributed by atoms with Crippen LogP contribution in [0.4, 0.5) is 0 Å². The predicted octanol–water partition coefficient (Wildman–Crippen LogP) is 0.237. The average molecular weight is 181 g/mol. The molecule has 0 amide bonds. The molecule has 0 spiro atoms. The minimum absolute atomic E-state index is 0.0752. The first kappa shape index (κ1) is 8.56. The van der Waals surface area contributed by atoms with Gasteiger partial charge in [-0.2, -0.15) is 0 Å². The third kappa shape index (κ3) is 1.83. The molecule has 1 saturated heterocycles. The second-order valence-electron chi connectivity index (χ2n) is 3.68. The predicted molar refractivity (Wildman–Crippen MR) is 50.8 cm³/mol. The summed E-state index contributed by atoms with van der Waals surface area (Å²) in [6.07, 6.45) is 2.39. The van der Waals surface area contributed by atoms with Gasteiger partial charge in [0.2, 0.25) is 0 Å². The SMILES string of the molecule is Cc1cc(=O)n(CC2CCCN2)[nH]1. The van der Waals surface area contributed by atoms with Crippen molar-refractivity contribution in [2.45, 2.75) is 32.4 Å². The quantitative estimate of drug-likeness (QED) is 0.686. The van der Waals surface area contributed by atoms with Crippen molar-refractivity contribution in [3.8, 4) is 0 Å². The molecule has 1 atom stereocenters. The van der Waals surface area contributed by atoms with E-state index in [0.717, 1.165) is 18.8 Å². The molecule has 72 valence electrons. The Balaban J connectivity index is 2.08. The number of aryl methyl sites for hydroxylation is 1. The first-order valence-electron chi connectivity index (χ1n) is 4.75. The summed E-state index contributed by atoms with van der Waals surface area (Å²) >= 11 is 0. The lowest BCUT2D eigenvalue weighted by Crippen LogP contribution is -2.31. The summed E-state index contributed by atoms with van der Waals surface area (Å²) < 4.78 is 1.68. The van der Waals surface area contributed by atoms with Crippen molar-refractivity contribution in [3.05, 3.63) is 22.1 Å². The molecule has 1 unspecified atom stereocenters. The van der Waals surface area contributed by atoms with Crippen LogP contribution in [0.5, 0.6) is 0 Å². The van der Waals surface area contributed by atoms with Crippen LogP contribution < -0.4 is 10.9 Å². The number of hydrogen-bond acceptors (Lipinski definition) is 2. The number of aromatic nitrogens is 2. The summed E-state index contributed by atoms with van der Waals surface area (Å²) in [6, 6.07) is 2.10. The van der Waals surface area contributed by atoms with Crippen molar-refractivity contribution in [2.24, 2.45) is 0 Å². The van der Waals surface area contributed by atoms with Gasteiger partial charge in [0.05, 0.1) is 6.54 Å². The Kier molecular flexibility index (Phi) is 2.22. The van der Waals surface area contributed by atoms with Gasteiger partial charge in [-0.1, -0.05) is 0 Å². The fraction of sp³-hybridized carbons (Fsp3) is 0.667. The van der Waals surface area contributed by atoms with Crippen LogP contribution >= 0.6 is 0 Å². The smallest absolute Gasteiger partial charge is 0.266 e. The number of nitrogens with one attached hydrogen (secondary N) is 2. The molecule has 0 aromatic carbocycles. The van der Waals surface area contributed by atoms with Crippen molar-refractivity contribution in [2.75, 3.05) is 6.54 Å². The fourth-order valence-electron chi connectivity index (χ4n) is 1.83. The van der Waals surface area contributed by atoms with E-state index in [1.54, 1.807) is 10.7 Å². The van der Waals surface area contributed by atoms with E-state index in [1.165, 1.54) is 12.8 Å². The van der Waals surface area contributed by atoms with Crippen molar-refractivity contribution in [1.82, 2.24) is 15.1 Å². The van der Waals surface area contributed by atoms with E-state index in [1.807, 2.05) is 6.92 Å². The maximum Gasteiger partial charge on any atom is 0.266 e. The van der Waals surface area contributed by atoms with Crippen LogP contribution in [0, 0.1) is 6.92 Å². The Morgan fingerprint density at radius 1 is 1.69 bits per heavy atom. The Labute approximate surface area is 76.9 Å². The molecule has 0 bridgehead atoms. The van der Waals surface area contributed by atoms with E-state index >= 15 is 0 Å². The van der Waals surface area contributed by atoms with E-state index in [4.69, 9.17) is 0 Å². The number of hydrogen-bond donors (Lipinski definition) is 2. The van der Waals surface area contributed by atoms with E-state index in [0.29, 0.717) is 6.04 Å². The van der Waals surface area contributed by atoms with Crippen LogP contribution in [0.2, 0.25) is 0 Å². The van der Waals surface area contributed by atoms with Gasteiger partial charge in [-0.05, 0) is 26.3 Å².